The van der Waals surface area contributed by atoms with Crippen LogP contribution in [0.3, 0.4) is 0 Å². The lowest BCUT2D eigenvalue weighted by Gasteiger charge is -2.28. The smallest absolute Gasteiger partial charge is 0.309 e. The van der Waals surface area contributed by atoms with Crippen molar-refractivity contribution in [2.75, 3.05) is 31.2 Å². The number of H-pyrrole nitrogens is 1. The molecular formula is C22H26N4O3. The Morgan fingerprint density at radius 2 is 1.90 bits per heavy atom. The SMILES string of the molecule is Cc1cc2[nH]c(CC(C)(C)C(=O)O)nc2nc1-c1ccc(N2CCOCC2)cc1. The molecule has 0 aliphatic carbocycles. The highest BCUT2D eigenvalue weighted by atomic mass is 16.5. The molecule has 0 amide bonds. The number of carboxylic acids is 1. The van der Waals surface area contributed by atoms with E-state index in [1.54, 1.807) is 13.8 Å². The Morgan fingerprint density at radius 3 is 2.55 bits per heavy atom. The predicted octanol–water partition coefficient (Wildman–Crippen LogP) is 3.42. The average molecular weight is 394 g/mol. The zero-order valence-corrected chi connectivity index (χ0v) is 17.0. The van der Waals surface area contributed by atoms with E-state index in [-0.39, 0.29) is 0 Å². The van der Waals surface area contributed by atoms with Crippen LogP contribution in [0, 0.1) is 12.3 Å². The third kappa shape index (κ3) is 3.96. The Balaban J connectivity index is 1.62. The summed E-state index contributed by atoms with van der Waals surface area (Å²) >= 11 is 0. The molecular weight excluding hydrogens is 368 g/mol. The van der Waals surface area contributed by atoms with Crippen LogP contribution < -0.4 is 4.90 Å². The molecule has 29 heavy (non-hydrogen) atoms. The normalized spacial score (nSPS) is 15.1. The van der Waals surface area contributed by atoms with Gasteiger partial charge in [0.25, 0.3) is 0 Å². The number of anilines is 1. The molecule has 1 fully saturated rings. The van der Waals surface area contributed by atoms with Gasteiger partial charge in [-0.3, -0.25) is 4.79 Å². The van der Waals surface area contributed by atoms with Crippen molar-refractivity contribution in [2.45, 2.75) is 27.2 Å². The van der Waals surface area contributed by atoms with Crippen LogP contribution in [0.2, 0.25) is 0 Å². The number of nitrogens with one attached hydrogen (secondary N) is 1. The fraction of sp³-hybridized carbons (Fsp3) is 0.409. The average Bonchev–Trinajstić information content (AvgIpc) is 3.08. The maximum atomic E-state index is 11.4. The van der Waals surface area contributed by atoms with Crippen LogP contribution >= 0.6 is 0 Å². The second-order valence-electron chi connectivity index (χ2n) is 8.22. The van der Waals surface area contributed by atoms with Crippen LogP contribution in [0.1, 0.15) is 25.2 Å². The van der Waals surface area contributed by atoms with Crippen LogP contribution in [-0.4, -0.2) is 52.3 Å². The number of aliphatic carboxylic acids is 1. The van der Waals surface area contributed by atoms with Gasteiger partial charge in [0.05, 0.1) is 29.8 Å². The van der Waals surface area contributed by atoms with Gasteiger partial charge in [0.2, 0.25) is 0 Å². The third-order valence-corrected chi connectivity index (χ3v) is 5.42. The first kappa shape index (κ1) is 19.4. The molecule has 0 spiro atoms. The standard InChI is InChI=1S/C22H26N4O3/c1-14-12-17-20(24-18(23-17)13-22(2,3)21(27)28)25-19(14)15-4-6-16(7-5-15)26-8-10-29-11-9-26/h4-7,12H,8-11,13H2,1-3H3,(H,27,28)(H,23,24,25). The first-order valence-electron chi connectivity index (χ1n) is 9.86. The molecule has 1 aliphatic rings. The number of aromatic nitrogens is 3. The van der Waals surface area contributed by atoms with E-state index < -0.39 is 11.4 Å². The number of aromatic amines is 1. The van der Waals surface area contributed by atoms with Crippen molar-refractivity contribution in [3.05, 3.63) is 41.7 Å². The van der Waals surface area contributed by atoms with Crippen molar-refractivity contribution in [3.8, 4) is 11.3 Å². The summed E-state index contributed by atoms with van der Waals surface area (Å²) in [6.07, 6.45) is 0.321. The van der Waals surface area contributed by atoms with Gasteiger partial charge in [-0.25, -0.2) is 9.97 Å². The zero-order valence-electron chi connectivity index (χ0n) is 17.0. The molecule has 0 saturated carbocycles. The minimum absolute atomic E-state index is 0.321. The number of carboxylic acid groups (broad SMARTS) is 1. The van der Waals surface area contributed by atoms with Crippen molar-refractivity contribution in [1.82, 2.24) is 15.0 Å². The van der Waals surface area contributed by atoms with Crippen LogP contribution in [0.4, 0.5) is 5.69 Å². The van der Waals surface area contributed by atoms with Gasteiger partial charge in [0.15, 0.2) is 5.65 Å². The predicted molar refractivity (Wildman–Crippen MR) is 112 cm³/mol. The molecule has 0 radical (unpaired) electrons. The van der Waals surface area contributed by atoms with Gasteiger partial charge in [0.1, 0.15) is 5.82 Å². The number of fused-ring (bicyclic) bond motifs is 1. The third-order valence-electron chi connectivity index (χ3n) is 5.42. The Bertz CT molecular complexity index is 1030. The molecule has 2 aromatic heterocycles. The monoisotopic (exact) mass is 394 g/mol. The molecule has 4 rings (SSSR count). The number of aryl methyl sites for hydroxylation is 1. The summed E-state index contributed by atoms with van der Waals surface area (Å²) in [6.45, 7) is 8.76. The molecule has 2 N–H and O–H groups in total. The van der Waals surface area contributed by atoms with Gasteiger partial charge in [0, 0.05) is 30.8 Å². The summed E-state index contributed by atoms with van der Waals surface area (Å²) in [5.41, 5.74) is 4.71. The maximum Gasteiger partial charge on any atom is 0.309 e. The molecule has 1 aromatic carbocycles. The molecule has 0 bridgehead atoms. The molecule has 0 unspecified atom stereocenters. The number of pyridine rings is 1. The maximum absolute atomic E-state index is 11.4. The van der Waals surface area contributed by atoms with Crippen molar-refractivity contribution in [2.24, 2.45) is 5.41 Å². The largest absolute Gasteiger partial charge is 0.481 e. The van der Waals surface area contributed by atoms with E-state index in [4.69, 9.17) is 9.72 Å². The second kappa shape index (κ2) is 7.48. The van der Waals surface area contributed by atoms with Crippen LogP contribution in [0.25, 0.3) is 22.4 Å². The van der Waals surface area contributed by atoms with Crippen molar-refractivity contribution >= 4 is 22.8 Å². The zero-order chi connectivity index (χ0) is 20.6. The van der Waals surface area contributed by atoms with Crippen molar-refractivity contribution in [3.63, 3.8) is 0 Å². The number of morpholine rings is 1. The topological polar surface area (TPSA) is 91.3 Å². The van der Waals surface area contributed by atoms with E-state index in [9.17, 15) is 9.90 Å². The first-order valence-corrected chi connectivity index (χ1v) is 9.86. The number of hydrogen-bond donors (Lipinski definition) is 2. The molecule has 3 aromatic rings. The van der Waals surface area contributed by atoms with E-state index in [0.717, 1.165) is 48.6 Å². The van der Waals surface area contributed by atoms with Gasteiger partial charge >= 0.3 is 5.97 Å². The number of hydrogen-bond acceptors (Lipinski definition) is 5. The van der Waals surface area contributed by atoms with Gasteiger partial charge in [-0.2, -0.15) is 0 Å². The Hall–Kier alpha value is -2.93. The lowest BCUT2D eigenvalue weighted by molar-refractivity contribution is -0.146. The van der Waals surface area contributed by atoms with Gasteiger partial charge in [-0.15, -0.1) is 0 Å². The van der Waals surface area contributed by atoms with Gasteiger partial charge < -0.3 is 19.7 Å². The summed E-state index contributed by atoms with van der Waals surface area (Å²) in [5.74, 6) is -0.206. The number of carbonyl (C=O) groups is 1. The van der Waals surface area contributed by atoms with E-state index in [2.05, 4.69) is 39.1 Å². The highest BCUT2D eigenvalue weighted by Crippen LogP contribution is 2.28. The Kier molecular flexibility index (Phi) is 5.00. The van der Waals surface area contributed by atoms with E-state index in [1.165, 1.54) is 5.69 Å². The molecule has 152 valence electrons. The van der Waals surface area contributed by atoms with E-state index >= 15 is 0 Å². The quantitative estimate of drug-likeness (QED) is 0.689. The van der Waals surface area contributed by atoms with Crippen molar-refractivity contribution in [1.29, 1.82) is 0 Å². The molecule has 1 aliphatic heterocycles. The second-order valence-corrected chi connectivity index (χ2v) is 8.22. The number of ether oxygens (including phenoxy) is 1. The molecule has 7 nitrogen and oxygen atoms in total. The summed E-state index contributed by atoms with van der Waals surface area (Å²) in [4.78, 5) is 26.3. The van der Waals surface area contributed by atoms with Crippen LogP contribution in [0.5, 0.6) is 0 Å². The lowest BCUT2D eigenvalue weighted by atomic mass is 9.89. The van der Waals surface area contributed by atoms with E-state index in [1.807, 2.05) is 13.0 Å². The summed E-state index contributed by atoms with van der Waals surface area (Å²) in [7, 11) is 0. The first-order chi connectivity index (χ1) is 13.8. The molecule has 3 heterocycles. The number of benzene rings is 1. The number of imidazole rings is 1. The van der Waals surface area contributed by atoms with Crippen LogP contribution in [-0.2, 0) is 16.0 Å². The fourth-order valence-corrected chi connectivity index (χ4v) is 3.61. The molecule has 7 heteroatoms. The van der Waals surface area contributed by atoms with Gasteiger partial charge in [-0.1, -0.05) is 12.1 Å². The summed E-state index contributed by atoms with van der Waals surface area (Å²) < 4.78 is 5.42. The molecule has 1 saturated heterocycles. The van der Waals surface area contributed by atoms with Crippen LogP contribution in [0.15, 0.2) is 30.3 Å². The highest BCUT2D eigenvalue weighted by Gasteiger charge is 2.29. The number of nitrogens with zero attached hydrogens (tertiary/aromatic N) is 3. The number of rotatable bonds is 5. The fourth-order valence-electron chi connectivity index (χ4n) is 3.61. The minimum Gasteiger partial charge on any atom is -0.481 e. The molecule has 0 atom stereocenters. The highest BCUT2D eigenvalue weighted by molar-refractivity contribution is 5.79. The lowest BCUT2D eigenvalue weighted by Crippen LogP contribution is -2.36. The van der Waals surface area contributed by atoms with E-state index in [0.29, 0.717) is 17.9 Å². The summed E-state index contributed by atoms with van der Waals surface area (Å²) in [5, 5.41) is 9.36. The summed E-state index contributed by atoms with van der Waals surface area (Å²) in [6, 6.07) is 10.5. The van der Waals surface area contributed by atoms with Gasteiger partial charge in [-0.05, 0) is 44.5 Å². The Labute approximate surface area is 169 Å². The Morgan fingerprint density at radius 1 is 1.21 bits per heavy atom. The minimum atomic E-state index is -0.888. The van der Waals surface area contributed by atoms with Crippen molar-refractivity contribution < 1.29 is 14.6 Å².